The van der Waals surface area contributed by atoms with Gasteiger partial charge in [-0.3, -0.25) is 9.79 Å². The first-order chi connectivity index (χ1) is 13.0. The van der Waals surface area contributed by atoms with Crippen molar-refractivity contribution < 1.29 is 14.3 Å². The van der Waals surface area contributed by atoms with E-state index in [0.717, 1.165) is 50.2 Å². The van der Waals surface area contributed by atoms with E-state index in [4.69, 9.17) is 4.42 Å². The van der Waals surface area contributed by atoms with Gasteiger partial charge in [-0.15, -0.1) is 0 Å². The zero-order valence-corrected chi connectivity index (χ0v) is 16.8. The Morgan fingerprint density at radius 2 is 2.11 bits per heavy atom. The second-order valence-electron chi connectivity index (χ2n) is 7.58. The van der Waals surface area contributed by atoms with Crippen LogP contribution in [0.1, 0.15) is 62.1 Å². The Kier molecular flexibility index (Phi) is 8.16. The minimum Gasteiger partial charge on any atom is -0.459 e. The van der Waals surface area contributed by atoms with Crippen LogP contribution in [-0.2, 0) is 0 Å². The number of carbonyl (C=O) groups is 1. The molecule has 0 spiro atoms. The normalized spacial score (nSPS) is 23.1. The number of aryl methyl sites for hydroxylation is 1. The topological polar surface area (TPSA) is 98.9 Å². The van der Waals surface area contributed by atoms with E-state index < -0.39 is 0 Å². The molecule has 0 aliphatic heterocycles. The lowest BCUT2D eigenvalue weighted by Gasteiger charge is -2.37. The number of nitrogens with zero attached hydrogens (tertiary/aromatic N) is 1. The summed E-state index contributed by atoms with van der Waals surface area (Å²) in [5, 5.41) is 19.7. The highest BCUT2D eigenvalue weighted by atomic mass is 16.3. The van der Waals surface area contributed by atoms with Crippen LogP contribution in [0.25, 0.3) is 0 Å². The van der Waals surface area contributed by atoms with E-state index >= 15 is 0 Å². The van der Waals surface area contributed by atoms with E-state index in [1.807, 2.05) is 13.8 Å². The van der Waals surface area contributed by atoms with Crippen LogP contribution in [-0.4, -0.2) is 49.3 Å². The zero-order chi connectivity index (χ0) is 19.7. The molecule has 7 nitrogen and oxygen atoms in total. The monoisotopic (exact) mass is 378 g/mol. The summed E-state index contributed by atoms with van der Waals surface area (Å²) in [7, 11) is 0. The first kappa shape index (κ1) is 21.3. The van der Waals surface area contributed by atoms with Crippen molar-refractivity contribution >= 4 is 11.9 Å². The molecule has 1 aromatic rings. The van der Waals surface area contributed by atoms with Gasteiger partial charge in [0.25, 0.3) is 5.91 Å². The highest BCUT2D eigenvalue weighted by Gasteiger charge is 2.35. The Labute approximate surface area is 162 Å². The smallest absolute Gasteiger partial charge is 0.287 e. The fourth-order valence-electron chi connectivity index (χ4n) is 3.35. The standard InChI is InChI=1S/C20H34N4O3/c1-4-21-19(24-14-20(3)10-6-5-8-16(20)25)23-12-7-11-22-18(26)17-15(2)9-13-27-17/h9,13,16,25H,4-8,10-12,14H2,1-3H3,(H,22,26)(H2,21,23,24). The Hall–Kier alpha value is -2.02. The molecule has 2 rings (SSSR count). The van der Waals surface area contributed by atoms with Gasteiger partial charge >= 0.3 is 0 Å². The average Bonchev–Trinajstić information content (AvgIpc) is 3.08. The molecule has 2 atom stereocenters. The fourth-order valence-corrected chi connectivity index (χ4v) is 3.35. The minimum absolute atomic E-state index is 0.143. The number of aliphatic hydroxyl groups excluding tert-OH is 1. The van der Waals surface area contributed by atoms with Gasteiger partial charge in [-0.25, -0.2) is 0 Å². The van der Waals surface area contributed by atoms with Crippen molar-refractivity contribution in [1.82, 2.24) is 16.0 Å². The van der Waals surface area contributed by atoms with Crippen LogP contribution >= 0.6 is 0 Å². The Morgan fingerprint density at radius 1 is 1.33 bits per heavy atom. The van der Waals surface area contributed by atoms with Crippen molar-refractivity contribution in [2.75, 3.05) is 26.2 Å². The summed E-state index contributed by atoms with van der Waals surface area (Å²) >= 11 is 0. The molecule has 1 aliphatic rings. The Bertz CT molecular complexity index is 628. The molecule has 1 saturated carbocycles. The second kappa shape index (κ2) is 10.3. The molecule has 0 radical (unpaired) electrons. The van der Waals surface area contributed by atoms with Crippen LogP contribution in [0.4, 0.5) is 0 Å². The van der Waals surface area contributed by atoms with Crippen LogP contribution < -0.4 is 16.0 Å². The van der Waals surface area contributed by atoms with Gasteiger partial charge in [0.05, 0.1) is 18.9 Å². The van der Waals surface area contributed by atoms with E-state index in [1.165, 1.54) is 6.26 Å². The molecule has 7 heteroatoms. The van der Waals surface area contributed by atoms with E-state index in [9.17, 15) is 9.90 Å². The van der Waals surface area contributed by atoms with Crippen molar-refractivity contribution in [2.24, 2.45) is 10.4 Å². The molecular weight excluding hydrogens is 344 g/mol. The highest BCUT2D eigenvalue weighted by Crippen LogP contribution is 2.36. The van der Waals surface area contributed by atoms with Crippen LogP contribution in [0.5, 0.6) is 0 Å². The van der Waals surface area contributed by atoms with Gasteiger partial charge in [0.15, 0.2) is 11.7 Å². The Balaban J connectivity index is 1.74. The largest absolute Gasteiger partial charge is 0.459 e. The summed E-state index contributed by atoms with van der Waals surface area (Å²) in [6.07, 6.45) is 6.15. The number of aliphatic imine (C=N–C) groups is 1. The lowest BCUT2D eigenvalue weighted by Crippen LogP contribution is -2.42. The summed E-state index contributed by atoms with van der Waals surface area (Å²) in [6.45, 7) is 8.64. The fraction of sp³-hybridized carbons (Fsp3) is 0.700. The predicted molar refractivity (Wildman–Crippen MR) is 107 cm³/mol. The molecule has 0 bridgehead atoms. The molecular formula is C20H34N4O3. The third-order valence-corrected chi connectivity index (χ3v) is 5.22. The molecule has 1 aliphatic carbocycles. The molecule has 0 aromatic carbocycles. The number of nitrogens with one attached hydrogen (secondary N) is 3. The number of furan rings is 1. The summed E-state index contributed by atoms with van der Waals surface area (Å²) in [4.78, 5) is 16.7. The summed E-state index contributed by atoms with van der Waals surface area (Å²) < 4.78 is 5.18. The zero-order valence-electron chi connectivity index (χ0n) is 16.8. The van der Waals surface area contributed by atoms with E-state index in [2.05, 4.69) is 27.9 Å². The summed E-state index contributed by atoms with van der Waals surface area (Å²) in [5.74, 6) is 0.944. The maximum absolute atomic E-state index is 12.0. The molecule has 1 amide bonds. The first-order valence-corrected chi connectivity index (χ1v) is 9.99. The summed E-state index contributed by atoms with van der Waals surface area (Å²) in [5.41, 5.74) is 0.695. The molecule has 27 heavy (non-hydrogen) atoms. The van der Waals surface area contributed by atoms with Gasteiger partial charge in [0, 0.05) is 30.6 Å². The van der Waals surface area contributed by atoms with Gasteiger partial charge in [0.1, 0.15) is 0 Å². The van der Waals surface area contributed by atoms with Crippen LogP contribution in [0.2, 0.25) is 0 Å². The van der Waals surface area contributed by atoms with Crippen LogP contribution in [0.3, 0.4) is 0 Å². The average molecular weight is 379 g/mol. The highest BCUT2D eigenvalue weighted by molar-refractivity contribution is 5.92. The van der Waals surface area contributed by atoms with Crippen molar-refractivity contribution in [3.63, 3.8) is 0 Å². The van der Waals surface area contributed by atoms with Gasteiger partial charge in [0.2, 0.25) is 0 Å². The molecule has 4 N–H and O–H groups in total. The van der Waals surface area contributed by atoms with Gasteiger partial charge in [-0.05, 0) is 39.2 Å². The minimum atomic E-state index is -0.279. The number of rotatable bonds is 8. The lowest BCUT2D eigenvalue weighted by atomic mass is 9.73. The van der Waals surface area contributed by atoms with Crippen LogP contribution in [0, 0.1) is 12.3 Å². The van der Waals surface area contributed by atoms with Gasteiger partial charge in [-0.2, -0.15) is 0 Å². The van der Waals surface area contributed by atoms with Crippen molar-refractivity contribution in [3.05, 3.63) is 23.7 Å². The lowest BCUT2D eigenvalue weighted by molar-refractivity contribution is 0.00716. The van der Waals surface area contributed by atoms with E-state index in [1.54, 1.807) is 6.07 Å². The molecule has 2 unspecified atom stereocenters. The molecule has 0 saturated heterocycles. The second-order valence-corrected chi connectivity index (χ2v) is 7.58. The predicted octanol–water partition coefficient (Wildman–Crippen LogP) is 2.20. The summed E-state index contributed by atoms with van der Waals surface area (Å²) in [6, 6.07) is 1.78. The maximum Gasteiger partial charge on any atom is 0.287 e. The number of hydrogen-bond donors (Lipinski definition) is 4. The van der Waals surface area contributed by atoms with Crippen molar-refractivity contribution in [2.45, 2.75) is 59.0 Å². The number of hydrogen-bond acceptors (Lipinski definition) is 4. The van der Waals surface area contributed by atoms with E-state index in [0.29, 0.717) is 25.4 Å². The number of carbonyl (C=O) groups excluding carboxylic acids is 1. The van der Waals surface area contributed by atoms with Gasteiger partial charge < -0.3 is 25.5 Å². The number of guanidine groups is 1. The third-order valence-electron chi connectivity index (χ3n) is 5.22. The first-order valence-electron chi connectivity index (χ1n) is 9.99. The third kappa shape index (κ3) is 6.27. The van der Waals surface area contributed by atoms with Gasteiger partial charge in [-0.1, -0.05) is 19.8 Å². The molecule has 1 aromatic heterocycles. The number of aliphatic hydroxyl groups is 1. The quantitative estimate of drug-likeness (QED) is 0.316. The molecule has 1 fully saturated rings. The van der Waals surface area contributed by atoms with Crippen LogP contribution in [0.15, 0.2) is 21.7 Å². The van der Waals surface area contributed by atoms with Crippen molar-refractivity contribution in [3.8, 4) is 0 Å². The molecule has 152 valence electrons. The SMILES string of the molecule is CCNC(=NCC1(C)CCCCC1O)NCCCNC(=O)c1occc1C. The van der Waals surface area contributed by atoms with E-state index in [-0.39, 0.29) is 17.4 Å². The molecule has 1 heterocycles. The number of amides is 1. The Morgan fingerprint density at radius 3 is 2.78 bits per heavy atom. The maximum atomic E-state index is 12.0. The van der Waals surface area contributed by atoms with Crippen molar-refractivity contribution in [1.29, 1.82) is 0 Å².